The molecule has 0 spiro atoms. The first-order chi connectivity index (χ1) is 10.1. The molecule has 8 heteroatoms. The summed E-state index contributed by atoms with van der Waals surface area (Å²) in [4.78, 5) is 8.52. The SMILES string of the molecule is CC(C)c1nsc(Sc2nnc(-c3ccncc3)n2C)n1. The van der Waals surface area contributed by atoms with E-state index in [-0.39, 0.29) is 0 Å². The minimum absolute atomic E-state index is 0.336. The van der Waals surface area contributed by atoms with E-state index in [0.29, 0.717) is 5.92 Å². The van der Waals surface area contributed by atoms with Gasteiger partial charge in [0.05, 0.1) is 0 Å². The van der Waals surface area contributed by atoms with Crippen LogP contribution in [0.2, 0.25) is 0 Å². The molecule has 0 atom stereocenters. The lowest BCUT2D eigenvalue weighted by Crippen LogP contribution is -1.94. The molecule has 0 aliphatic carbocycles. The smallest absolute Gasteiger partial charge is 0.198 e. The Labute approximate surface area is 130 Å². The van der Waals surface area contributed by atoms with Crippen LogP contribution in [0, 0.1) is 0 Å². The normalized spacial score (nSPS) is 11.2. The molecular formula is C13H14N6S2. The van der Waals surface area contributed by atoms with Crippen LogP contribution in [0.25, 0.3) is 11.4 Å². The van der Waals surface area contributed by atoms with Gasteiger partial charge >= 0.3 is 0 Å². The lowest BCUT2D eigenvalue weighted by atomic mass is 10.2. The summed E-state index contributed by atoms with van der Waals surface area (Å²) in [7, 11) is 1.95. The number of hydrogen-bond acceptors (Lipinski definition) is 7. The molecule has 0 N–H and O–H groups in total. The molecule has 0 aromatic carbocycles. The standard InChI is InChI=1S/C13H14N6S2/c1-8(2)10-15-13(21-18-10)20-12-17-16-11(19(12)3)9-4-6-14-7-5-9/h4-8H,1-3H3. The van der Waals surface area contributed by atoms with Crippen LogP contribution in [0.3, 0.4) is 0 Å². The molecule has 3 rings (SSSR count). The molecule has 21 heavy (non-hydrogen) atoms. The minimum Gasteiger partial charge on any atom is -0.305 e. The Morgan fingerprint density at radius 3 is 2.62 bits per heavy atom. The Morgan fingerprint density at radius 1 is 1.19 bits per heavy atom. The fourth-order valence-electron chi connectivity index (χ4n) is 1.73. The van der Waals surface area contributed by atoms with Crippen molar-refractivity contribution in [3.63, 3.8) is 0 Å². The summed E-state index contributed by atoms with van der Waals surface area (Å²) < 4.78 is 7.19. The van der Waals surface area contributed by atoms with Crippen molar-refractivity contribution >= 4 is 23.3 Å². The molecule has 3 aromatic heterocycles. The molecule has 108 valence electrons. The van der Waals surface area contributed by atoms with Crippen molar-refractivity contribution in [1.82, 2.24) is 29.1 Å². The van der Waals surface area contributed by atoms with Crippen LogP contribution >= 0.6 is 23.3 Å². The summed E-state index contributed by atoms with van der Waals surface area (Å²) in [6.07, 6.45) is 3.49. The van der Waals surface area contributed by atoms with E-state index in [2.05, 4.69) is 38.4 Å². The minimum atomic E-state index is 0.336. The van der Waals surface area contributed by atoms with Crippen molar-refractivity contribution in [2.24, 2.45) is 7.05 Å². The molecule has 0 radical (unpaired) electrons. The highest BCUT2D eigenvalue weighted by atomic mass is 32.2. The van der Waals surface area contributed by atoms with Gasteiger partial charge < -0.3 is 4.57 Å². The Hall–Kier alpha value is -1.80. The summed E-state index contributed by atoms with van der Waals surface area (Å²) in [5, 5.41) is 9.28. The number of pyridine rings is 1. The molecule has 0 aliphatic heterocycles. The van der Waals surface area contributed by atoms with Gasteiger partial charge in [-0.2, -0.15) is 4.37 Å². The van der Waals surface area contributed by atoms with Crippen molar-refractivity contribution in [2.75, 3.05) is 0 Å². The monoisotopic (exact) mass is 318 g/mol. The topological polar surface area (TPSA) is 69.4 Å². The first-order valence-corrected chi connectivity index (χ1v) is 8.05. The number of rotatable bonds is 4. The largest absolute Gasteiger partial charge is 0.305 e. The second-order valence-electron chi connectivity index (χ2n) is 4.78. The molecular weight excluding hydrogens is 304 g/mol. The zero-order chi connectivity index (χ0) is 14.8. The van der Waals surface area contributed by atoms with Crippen molar-refractivity contribution in [2.45, 2.75) is 29.3 Å². The highest BCUT2D eigenvalue weighted by molar-refractivity contribution is 8.00. The maximum absolute atomic E-state index is 4.51. The van der Waals surface area contributed by atoms with Crippen LogP contribution in [-0.2, 0) is 7.05 Å². The van der Waals surface area contributed by atoms with Gasteiger partial charge in [0.1, 0.15) is 5.82 Å². The molecule has 6 nitrogen and oxygen atoms in total. The highest BCUT2D eigenvalue weighted by Crippen LogP contribution is 2.30. The molecule has 0 aliphatic rings. The van der Waals surface area contributed by atoms with Gasteiger partial charge in [-0.15, -0.1) is 10.2 Å². The number of aromatic nitrogens is 6. The van der Waals surface area contributed by atoms with Gasteiger partial charge in [0.2, 0.25) is 0 Å². The molecule has 0 saturated heterocycles. The molecule has 0 amide bonds. The van der Waals surface area contributed by atoms with Crippen LogP contribution in [0.4, 0.5) is 0 Å². The average Bonchev–Trinajstić information content (AvgIpc) is 3.09. The van der Waals surface area contributed by atoms with Crippen LogP contribution in [-0.4, -0.2) is 29.1 Å². The van der Waals surface area contributed by atoms with E-state index in [1.54, 1.807) is 12.4 Å². The fourth-order valence-corrected chi connectivity index (χ4v) is 3.37. The Kier molecular flexibility index (Phi) is 3.98. The van der Waals surface area contributed by atoms with Crippen molar-refractivity contribution in [3.8, 4) is 11.4 Å². The number of nitrogens with zero attached hydrogens (tertiary/aromatic N) is 6. The lowest BCUT2D eigenvalue weighted by molar-refractivity contribution is 0.782. The van der Waals surface area contributed by atoms with Crippen LogP contribution in [0.15, 0.2) is 34.0 Å². The van der Waals surface area contributed by atoms with E-state index in [1.165, 1.54) is 23.3 Å². The summed E-state index contributed by atoms with van der Waals surface area (Å²) in [6.45, 7) is 4.17. The summed E-state index contributed by atoms with van der Waals surface area (Å²) in [6, 6.07) is 3.83. The van der Waals surface area contributed by atoms with Gasteiger partial charge in [-0.1, -0.05) is 13.8 Å². The van der Waals surface area contributed by atoms with E-state index in [9.17, 15) is 0 Å². The van der Waals surface area contributed by atoms with E-state index < -0.39 is 0 Å². The van der Waals surface area contributed by atoms with E-state index in [0.717, 1.165) is 26.7 Å². The first kappa shape index (κ1) is 14.2. The maximum Gasteiger partial charge on any atom is 0.198 e. The summed E-state index contributed by atoms with van der Waals surface area (Å²) in [5.41, 5.74) is 0.993. The zero-order valence-electron chi connectivity index (χ0n) is 11.9. The summed E-state index contributed by atoms with van der Waals surface area (Å²) in [5.74, 6) is 2.02. The van der Waals surface area contributed by atoms with Crippen molar-refractivity contribution < 1.29 is 0 Å². The molecule has 0 unspecified atom stereocenters. The highest BCUT2D eigenvalue weighted by Gasteiger charge is 2.15. The Balaban J connectivity index is 1.85. The van der Waals surface area contributed by atoms with Crippen molar-refractivity contribution in [1.29, 1.82) is 0 Å². The average molecular weight is 318 g/mol. The third-order valence-electron chi connectivity index (χ3n) is 2.89. The second kappa shape index (κ2) is 5.90. The predicted molar refractivity (Wildman–Crippen MR) is 82.4 cm³/mol. The van der Waals surface area contributed by atoms with Gasteiger partial charge in [0.15, 0.2) is 15.3 Å². The summed E-state index contributed by atoms with van der Waals surface area (Å²) >= 11 is 2.88. The van der Waals surface area contributed by atoms with Crippen LogP contribution in [0.1, 0.15) is 25.6 Å². The third-order valence-corrected chi connectivity index (χ3v) is 4.69. The van der Waals surface area contributed by atoms with Crippen LogP contribution in [0.5, 0.6) is 0 Å². The van der Waals surface area contributed by atoms with E-state index in [1.807, 2.05) is 23.7 Å². The Morgan fingerprint density at radius 2 is 1.95 bits per heavy atom. The molecule has 0 fully saturated rings. The Bertz CT molecular complexity index is 734. The zero-order valence-corrected chi connectivity index (χ0v) is 13.5. The second-order valence-corrected chi connectivity index (χ2v) is 6.74. The molecule has 0 saturated carbocycles. The maximum atomic E-state index is 4.51. The van der Waals surface area contributed by atoms with Crippen molar-refractivity contribution in [3.05, 3.63) is 30.4 Å². The lowest BCUT2D eigenvalue weighted by Gasteiger charge is -2.01. The van der Waals surface area contributed by atoms with Gasteiger partial charge in [-0.3, -0.25) is 4.98 Å². The fraction of sp³-hybridized carbons (Fsp3) is 0.308. The van der Waals surface area contributed by atoms with Gasteiger partial charge in [-0.25, -0.2) is 4.98 Å². The van der Waals surface area contributed by atoms with Gasteiger partial charge in [0, 0.05) is 30.9 Å². The third kappa shape index (κ3) is 2.96. The van der Waals surface area contributed by atoms with Crippen LogP contribution < -0.4 is 0 Å². The van der Waals surface area contributed by atoms with E-state index >= 15 is 0 Å². The molecule has 3 aromatic rings. The van der Waals surface area contributed by atoms with Gasteiger partial charge in [-0.05, 0) is 35.4 Å². The van der Waals surface area contributed by atoms with E-state index in [4.69, 9.17) is 0 Å². The molecule has 0 bridgehead atoms. The quantitative estimate of drug-likeness (QED) is 0.736. The molecule has 3 heterocycles. The predicted octanol–water partition coefficient (Wildman–Crippen LogP) is 3.00. The van der Waals surface area contributed by atoms with Gasteiger partial charge in [0.25, 0.3) is 0 Å². The first-order valence-electron chi connectivity index (χ1n) is 6.46. The number of hydrogen-bond donors (Lipinski definition) is 0.